The molecule has 0 N–H and O–H groups in total. The Balaban J connectivity index is 2.34. The maximum Gasteiger partial charge on any atom is 0.343 e. The summed E-state index contributed by atoms with van der Waals surface area (Å²) in [4.78, 5) is 12.2. The monoisotopic (exact) mass is 282 g/mol. The number of hydrogen-bond acceptors (Lipinski definition) is 2. The highest BCUT2D eigenvalue weighted by Gasteiger charge is 2.21. The Hall–Kier alpha value is -2.09. The van der Waals surface area contributed by atoms with E-state index in [1.165, 1.54) is 5.56 Å². The number of esters is 1. The van der Waals surface area contributed by atoms with Gasteiger partial charge in [0.15, 0.2) is 0 Å². The molecule has 0 radical (unpaired) electrons. The highest BCUT2D eigenvalue weighted by Crippen LogP contribution is 2.32. The summed E-state index contributed by atoms with van der Waals surface area (Å²) in [6.07, 6.45) is 0.968. The number of hydrogen-bond donors (Lipinski definition) is 0. The van der Waals surface area contributed by atoms with Crippen LogP contribution in [0.15, 0.2) is 48.5 Å². The molecule has 0 saturated heterocycles. The predicted octanol–water partition coefficient (Wildman–Crippen LogP) is 4.77. The summed E-state index contributed by atoms with van der Waals surface area (Å²) in [5.74, 6) is 0.332. The standard InChI is InChI=1S/C19H22O2/c1-5-14-11-12-17(16(13-14)19(2,3)4)21-18(20)15-9-7-6-8-10-15/h6-13H,5H2,1-4H3. The molecule has 0 saturated carbocycles. The van der Waals surface area contributed by atoms with Crippen LogP contribution in [0.4, 0.5) is 0 Å². The Morgan fingerprint density at radius 1 is 1.05 bits per heavy atom. The summed E-state index contributed by atoms with van der Waals surface area (Å²) >= 11 is 0. The molecule has 2 aromatic rings. The third-order valence-electron chi connectivity index (χ3n) is 3.47. The molecule has 2 nitrogen and oxygen atoms in total. The average molecular weight is 282 g/mol. The number of ether oxygens (including phenoxy) is 1. The molecular formula is C19H22O2. The summed E-state index contributed by atoms with van der Waals surface area (Å²) < 4.78 is 5.62. The van der Waals surface area contributed by atoms with Gasteiger partial charge in [-0.25, -0.2) is 4.79 Å². The molecular weight excluding hydrogens is 260 g/mol. The van der Waals surface area contributed by atoms with E-state index in [9.17, 15) is 4.79 Å². The van der Waals surface area contributed by atoms with Gasteiger partial charge in [-0.1, -0.05) is 58.0 Å². The quantitative estimate of drug-likeness (QED) is 0.599. The van der Waals surface area contributed by atoms with E-state index in [1.807, 2.05) is 30.3 Å². The molecule has 2 aromatic carbocycles. The lowest BCUT2D eigenvalue weighted by Gasteiger charge is -2.23. The maximum absolute atomic E-state index is 12.2. The van der Waals surface area contributed by atoms with Crippen LogP contribution in [0.2, 0.25) is 0 Å². The largest absolute Gasteiger partial charge is 0.423 e. The first-order valence-electron chi connectivity index (χ1n) is 7.32. The van der Waals surface area contributed by atoms with Gasteiger partial charge in [0.1, 0.15) is 5.75 Å². The molecule has 0 heterocycles. The second-order valence-electron chi connectivity index (χ2n) is 6.19. The van der Waals surface area contributed by atoms with Crippen molar-refractivity contribution in [3.05, 3.63) is 65.2 Å². The van der Waals surface area contributed by atoms with E-state index in [1.54, 1.807) is 12.1 Å². The van der Waals surface area contributed by atoms with Gasteiger partial charge in [-0.3, -0.25) is 0 Å². The molecule has 2 rings (SSSR count). The average Bonchev–Trinajstić information content (AvgIpc) is 2.47. The number of aryl methyl sites for hydroxylation is 1. The number of carbonyl (C=O) groups is 1. The molecule has 0 amide bonds. The van der Waals surface area contributed by atoms with Gasteiger partial charge in [-0.15, -0.1) is 0 Å². The van der Waals surface area contributed by atoms with Gasteiger partial charge in [0.25, 0.3) is 0 Å². The van der Waals surface area contributed by atoms with E-state index in [-0.39, 0.29) is 11.4 Å². The molecule has 110 valence electrons. The van der Waals surface area contributed by atoms with Crippen LogP contribution >= 0.6 is 0 Å². The van der Waals surface area contributed by atoms with Crippen LogP contribution in [-0.2, 0) is 11.8 Å². The summed E-state index contributed by atoms with van der Waals surface area (Å²) in [6.45, 7) is 8.50. The highest BCUT2D eigenvalue weighted by atomic mass is 16.5. The smallest absolute Gasteiger partial charge is 0.343 e. The predicted molar refractivity (Wildman–Crippen MR) is 85.9 cm³/mol. The van der Waals surface area contributed by atoms with Crippen LogP contribution in [0.25, 0.3) is 0 Å². The van der Waals surface area contributed by atoms with Gasteiger partial charge in [-0.05, 0) is 35.6 Å². The summed E-state index contributed by atoms with van der Waals surface area (Å²) in [6, 6.07) is 15.1. The fraction of sp³-hybridized carbons (Fsp3) is 0.316. The molecule has 0 spiro atoms. The minimum absolute atomic E-state index is 0.0719. The first-order chi connectivity index (χ1) is 9.91. The van der Waals surface area contributed by atoms with Crippen LogP contribution in [-0.4, -0.2) is 5.97 Å². The summed E-state index contributed by atoms with van der Waals surface area (Å²) in [5.41, 5.74) is 2.81. The Bertz CT molecular complexity index is 622. The minimum Gasteiger partial charge on any atom is -0.423 e. The highest BCUT2D eigenvalue weighted by molar-refractivity contribution is 5.91. The molecule has 0 fully saturated rings. The molecule has 21 heavy (non-hydrogen) atoms. The van der Waals surface area contributed by atoms with Crippen molar-refractivity contribution in [2.24, 2.45) is 0 Å². The normalized spacial score (nSPS) is 11.2. The van der Waals surface area contributed by atoms with Crippen molar-refractivity contribution in [1.29, 1.82) is 0 Å². The Morgan fingerprint density at radius 2 is 1.71 bits per heavy atom. The molecule has 2 heteroatoms. The first-order valence-corrected chi connectivity index (χ1v) is 7.32. The van der Waals surface area contributed by atoms with Crippen molar-refractivity contribution in [2.75, 3.05) is 0 Å². The maximum atomic E-state index is 12.2. The fourth-order valence-corrected chi connectivity index (χ4v) is 2.21. The minimum atomic E-state index is -0.314. The first kappa shape index (κ1) is 15.3. The second-order valence-corrected chi connectivity index (χ2v) is 6.19. The van der Waals surface area contributed by atoms with Gasteiger partial charge in [0.2, 0.25) is 0 Å². The van der Waals surface area contributed by atoms with Crippen LogP contribution in [0, 0.1) is 0 Å². The fourth-order valence-electron chi connectivity index (χ4n) is 2.21. The van der Waals surface area contributed by atoms with Gasteiger partial charge in [-0.2, -0.15) is 0 Å². The van der Waals surface area contributed by atoms with Gasteiger partial charge < -0.3 is 4.74 Å². The van der Waals surface area contributed by atoms with E-state index in [4.69, 9.17) is 4.74 Å². The van der Waals surface area contributed by atoms with E-state index in [2.05, 4.69) is 33.8 Å². The molecule has 0 aliphatic carbocycles. The molecule has 0 atom stereocenters. The second kappa shape index (κ2) is 6.13. The SMILES string of the molecule is CCc1ccc(OC(=O)c2ccccc2)c(C(C)(C)C)c1. The number of benzene rings is 2. The topological polar surface area (TPSA) is 26.3 Å². The van der Waals surface area contributed by atoms with Crippen molar-refractivity contribution < 1.29 is 9.53 Å². The molecule has 0 bridgehead atoms. The van der Waals surface area contributed by atoms with Crippen LogP contribution < -0.4 is 4.74 Å². The van der Waals surface area contributed by atoms with Gasteiger partial charge in [0.05, 0.1) is 5.56 Å². The van der Waals surface area contributed by atoms with E-state index in [0.717, 1.165) is 12.0 Å². The lowest BCUT2D eigenvalue weighted by molar-refractivity contribution is 0.0732. The van der Waals surface area contributed by atoms with Crippen LogP contribution in [0.3, 0.4) is 0 Å². The number of carbonyl (C=O) groups excluding carboxylic acids is 1. The zero-order chi connectivity index (χ0) is 15.5. The summed E-state index contributed by atoms with van der Waals surface area (Å²) in [5, 5.41) is 0. The lowest BCUT2D eigenvalue weighted by atomic mass is 9.85. The molecule has 0 aromatic heterocycles. The van der Waals surface area contributed by atoms with Gasteiger partial charge >= 0.3 is 5.97 Å². The molecule has 0 aliphatic rings. The zero-order valence-corrected chi connectivity index (χ0v) is 13.1. The van der Waals surface area contributed by atoms with Crippen molar-refractivity contribution in [3.8, 4) is 5.75 Å². The van der Waals surface area contributed by atoms with Crippen molar-refractivity contribution in [1.82, 2.24) is 0 Å². The third kappa shape index (κ3) is 3.72. The van der Waals surface area contributed by atoms with Crippen molar-refractivity contribution in [2.45, 2.75) is 39.5 Å². The molecule has 0 aliphatic heterocycles. The third-order valence-corrected chi connectivity index (χ3v) is 3.47. The van der Waals surface area contributed by atoms with E-state index < -0.39 is 0 Å². The van der Waals surface area contributed by atoms with E-state index in [0.29, 0.717) is 11.3 Å². The van der Waals surface area contributed by atoms with Crippen molar-refractivity contribution in [3.63, 3.8) is 0 Å². The Morgan fingerprint density at radius 3 is 2.29 bits per heavy atom. The number of rotatable bonds is 3. The lowest BCUT2D eigenvalue weighted by Crippen LogP contribution is -2.17. The van der Waals surface area contributed by atoms with E-state index >= 15 is 0 Å². The molecule has 0 unspecified atom stereocenters. The van der Waals surface area contributed by atoms with Gasteiger partial charge in [0, 0.05) is 5.56 Å². The zero-order valence-electron chi connectivity index (χ0n) is 13.1. The summed E-state index contributed by atoms with van der Waals surface area (Å²) in [7, 11) is 0. The van der Waals surface area contributed by atoms with Crippen molar-refractivity contribution >= 4 is 5.97 Å². The van der Waals surface area contributed by atoms with Crippen LogP contribution in [0.1, 0.15) is 49.2 Å². The van der Waals surface area contributed by atoms with Crippen LogP contribution in [0.5, 0.6) is 5.75 Å². The Labute approximate surface area is 126 Å². The Kier molecular flexibility index (Phi) is 4.46.